The molecular formula is C17H20ClN3O2S. The van der Waals surface area contributed by atoms with Gasteiger partial charge in [-0.15, -0.1) is 0 Å². The van der Waals surface area contributed by atoms with E-state index in [1.807, 2.05) is 6.07 Å². The number of nitrogens with one attached hydrogen (secondary N) is 1. The first-order valence-corrected chi connectivity index (χ1v) is 9.82. The predicted octanol–water partition coefficient (Wildman–Crippen LogP) is 3.83. The zero-order chi connectivity index (χ0) is 17.2. The van der Waals surface area contributed by atoms with Crippen molar-refractivity contribution in [1.29, 1.82) is 0 Å². The van der Waals surface area contributed by atoms with Gasteiger partial charge >= 0.3 is 0 Å². The largest absolute Gasteiger partial charge is 0.370 e. The Hall–Kier alpha value is -1.79. The Kier molecular flexibility index (Phi) is 4.96. The second kappa shape index (κ2) is 6.99. The van der Waals surface area contributed by atoms with E-state index in [0.717, 1.165) is 18.8 Å². The molecule has 1 aromatic carbocycles. The summed E-state index contributed by atoms with van der Waals surface area (Å²) in [7, 11) is -3.71. The van der Waals surface area contributed by atoms with Gasteiger partial charge in [-0.3, -0.25) is 4.72 Å². The normalized spacial score (nSPS) is 15.3. The van der Waals surface area contributed by atoms with Crippen LogP contribution in [0.1, 0.15) is 24.8 Å². The van der Waals surface area contributed by atoms with E-state index < -0.39 is 10.0 Å². The zero-order valence-electron chi connectivity index (χ0n) is 13.5. The Morgan fingerprint density at radius 1 is 1.12 bits per heavy atom. The molecule has 0 bridgehead atoms. The SMILES string of the molecule is Cc1c(Cl)cccc1S(=O)(=O)Nc1ccc(N2CCCCC2)cn1. The summed E-state index contributed by atoms with van der Waals surface area (Å²) in [6.07, 6.45) is 5.35. The van der Waals surface area contributed by atoms with Crippen LogP contribution in [-0.2, 0) is 10.0 Å². The monoisotopic (exact) mass is 365 g/mol. The first-order chi connectivity index (χ1) is 11.5. The van der Waals surface area contributed by atoms with Crippen LogP contribution in [0.25, 0.3) is 0 Å². The van der Waals surface area contributed by atoms with Gasteiger partial charge in [0.25, 0.3) is 10.0 Å². The highest BCUT2D eigenvalue weighted by Crippen LogP contribution is 2.25. The van der Waals surface area contributed by atoms with Gasteiger partial charge in [0.15, 0.2) is 0 Å². The third kappa shape index (κ3) is 3.65. The van der Waals surface area contributed by atoms with Gasteiger partial charge in [-0.05, 0) is 56.0 Å². The topological polar surface area (TPSA) is 62.3 Å². The molecule has 1 N–H and O–H groups in total. The van der Waals surface area contributed by atoms with Crippen molar-refractivity contribution in [2.75, 3.05) is 22.7 Å². The average Bonchev–Trinajstić information content (AvgIpc) is 2.58. The molecule has 0 unspecified atom stereocenters. The molecule has 2 aromatic rings. The van der Waals surface area contributed by atoms with Crippen LogP contribution in [0.3, 0.4) is 0 Å². The first kappa shape index (κ1) is 17.0. The number of benzene rings is 1. The fraction of sp³-hybridized carbons (Fsp3) is 0.353. The highest BCUT2D eigenvalue weighted by atomic mass is 35.5. The molecule has 0 atom stereocenters. The highest BCUT2D eigenvalue weighted by Gasteiger charge is 2.19. The number of hydrogen-bond acceptors (Lipinski definition) is 4. The van der Waals surface area contributed by atoms with Crippen molar-refractivity contribution in [2.24, 2.45) is 0 Å². The number of pyridine rings is 1. The maximum atomic E-state index is 12.5. The van der Waals surface area contributed by atoms with Gasteiger partial charge in [-0.1, -0.05) is 17.7 Å². The maximum absolute atomic E-state index is 12.5. The van der Waals surface area contributed by atoms with Crippen molar-refractivity contribution in [3.8, 4) is 0 Å². The molecule has 0 saturated carbocycles. The number of halogens is 1. The van der Waals surface area contributed by atoms with Crippen molar-refractivity contribution in [1.82, 2.24) is 4.98 Å². The summed E-state index contributed by atoms with van der Waals surface area (Å²) < 4.78 is 27.6. The number of nitrogens with zero attached hydrogens (tertiary/aromatic N) is 2. The van der Waals surface area contributed by atoms with Gasteiger partial charge in [0.2, 0.25) is 0 Å². The molecule has 2 heterocycles. The van der Waals surface area contributed by atoms with Gasteiger partial charge in [0, 0.05) is 18.1 Å². The summed E-state index contributed by atoms with van der Waals surface area (Å²) in [4.78, 5) is 6.69. The summed E-state index contributed by atoms with van der Waals surface area (Å²) in [5.74, 6) is 0.301. The average molecular weight is 366 g/mol. The molecule has 0 spiro atoms. The minimum absolute atomic E-state index is 0.164. The zero-order valence-corrected chi connectivity index (χ0v) is 15.1. The standard InChI is InChI=1S/C17H20ClN3O2S/c1-13-15(18)6-5-7-16(13)24(22,23)20-17-9-8-14(12-19-17)21-10-3-2-4-11-21/h5-9,12H,2-4,10-11H2,1H3,(H,19,20). The summed E-state index contributed by atoms with van der Waals surface area (Å²) in [6, 6.07) is 8.42. The second-order valence-electron chi connectivity index (χ2n) is 5.92. The van der Waals surface area contributed by atoms with Crippen molar-refractivity contribution in [3.05, 3.63) is 47.1 Å². The molecule has 1 aliphatic rings. The van der Waals surface area contributed by atoms with Crippen LogP contribution in [0.15, 0.2) is 41.4 Å². The smallest absolute Gasteiger partial charge is 0.263 e. The molecule has 5 nitrogen and oxygen atoms in total. The van der Waals surface area contributed by atoms with E-state index in [4.69, 9.17) is 11.6 Å². The van der Waals surface area contributed by atoms with Gasteiger partial charge < -0.3 is 4.90 Å². The van der Waals surface area contributed by atoms with E-state index in [2.05, 4.69) is 14.6 Å². The van der Waals surface area contributed by atoms with Crippen LogP contribution in [0.2, 0.25) is 5.02 Å². The van der Waals surface area contributed by atoms with Gasteiger partial charge in [-0.2, -0.15) is 0 Å². The molecule has 0 radical (unpaired) electrons. The van der Waals surface area contributed by atoms with Crippen LogP contribution in [-0.4, -0.2) is 26.5 Å². The van der Waals surface area contributed by atoms with Crippen molar-refractivity contribution < 1.29 is 8.42 Å². The lowest BCUT2D eigenvalue weighted by molar-refractivity contribution is 0.577. The van der Waals surface area contributed by atoms with Crippen LogP contribution < -0.4 is 9.62 Å². The van der Waals surface area contributed by atoms with Crippen LogP contribution >= 0.6 is 11.6 Å². The quantitative estimate of drug-likeness (QED) is 0.894. The molecule has 1 saturated heterocycles. The highest BCUT2D eigenvalue weighted by molar-refractivity contribution is 7.92. The number of hydrogen-bond donors (Lipinski definition) is 1. The summed E-state index contributed by atoms with van der Waals surface area (Å²) in [5.41, 5.74) is 1.55. The van der Waals surface area contributed by atoms with Crippen molar-refractivity contribution in [2.45, 2.75) is 31.1 Å². The summed E-state index contributed by atoms with van der Waals surface area (Å²) in [6.45, 7) is 3.73. The molecule has 7 heteroatoms. The van der Waals surface area contributed by atoms with E-state index in [0.29, 0.717) is 16.4 Å². The van der Waals surface area contributed by atoms with E-state index in [1.54, 1.807) is 31.3 Å². The first-order valence-electron chi connectivity index (χ1n) is 7.96. The number of sulfonamides is 1. The minimum atomic E-state index is -3.71. The van der Waals surface area contributed by atoms with Crippen molar-refractivity contribution in [3.63, 3.8) is 0 Å². The van der Waals surface area contributed by atoms with E-state index in [9.17, 15) is 8.42 Å². The van der Waals surface area contributed by atoms with E-state index >= 15 is 0 Å². The molecule has 1 fully saturated rings. The third-order valence-corrected chi connectivity index (χ3v) is 6.12. The maximum Gasteiger partial charge on any atom is 0.263 e. The van der Waals surface area contributed by atoms with Gasteiger partial charge in [-0.25, -0.2) is 13.4 Å². The molecule has 0 amide bonds. The third-order valence-electron chi connectivity index (χ3n) is 4.22. The lowest BCUT2D eigenvalue weighted by Crippen LogP contribution is -2.29. The van der Waals surface area contributed by atoms with E-state index in [-0.39, 0.29) is 4.90 Å². The summed E-state index contributed by atoms with van der Waals surface area (Å²) in [5, 5.41) is 0.422. The fourth-order valence-electron chi connectivity index (χ4n) is 2.86. The Balaban J connectivity index is 1.79. The molecule has 1 aromatic heterocycles. The van der Waals surface area contributed by atoms with Crippen LogP contribution in [0, 0.1) is 6.92 Å². The van der Waals surface area contributed by atoms with Gasteiger partial charge in [0.05, 0.1) is 16.8 Å². The molecule has 128 valence electrons. The molecule has 0 aliphatic carbocycles. The van der Waals surface area contributed by atoms with Crippen LogP contribution in [0.4, 0.5) is 11.5 Å². The lowest BCUT2D eigenvalue weighted by atomic mass is 10.1. The molecule has 3 rings (SSSR count). The molecular weight excluding hydrogens is 346 g/mol. The number of anilines is 2. The van der Waals surface area contributed by atoms with E-state index in [1.165, 1.54) is 25.3 Å². The summed E-state index contributed by atoms with van der Waals surface area (Å²) >= 11 is 6.02. The second-order valence-corrected chi connectivity index (χ2v) is 7.98. The number of aromatic nitrogens is 1. The van der Waals surface area contributed by atoms with Crippen LogP contribution in [0.5, 0.6) is 0 Å². The van der Waals surface area contributed by atoms with Gasteiger partial charge in [0.1, 0.15) is 5.82 Å². The minimum Gasteiger partial charge on any atom is -0.370 e. The predicted molar refractivity (Wildman–Crippen MR) is 97.3 cm³/mol. The number of piperidine rings is 1. The molecule has 24 heavy (non-hydrogen) atoms. The lowest BCUT2D eigenvalue weighted by Gasteiger charge is -2.28. The Morgan fingerprint density at radius 2 is 1.88 bits per heavy atom. The Bertz CT molecular complexity index is 816. The molecule has 1 aliphatic heterocycles. The Morgan fingerprint density at radius 3 is 2.54 bits per heavy atom. The number of rotatable bonds is 4. The Labute approximate surface area is 147 Å². The fourth-order valence-corrected chi connectivity index (χ4v) is 4.36. The van der Waals surface area contributed by atoms with Crippen molar-refractivity contribution >= 4 is 33.1 Å².